The number of nitrogens with one attached hydrogen (secondary N) is 1. The van der Waals surface area contributed by atoms with Crippen LogP contribution in [0, 0.1) is 11.8 Å². The average Bonchev–Trinajstić information content (AvgIpc) is 3.13. The lowest BCUT2D eigenvalue weighted by Gasteiger charge is -2.41. The van der Waals surface area contributed by atoms with E-state index in [1.807, 2.05) is 11.8 Å². The van der Waals surface area contributed by atoms with Crippen LogP contribution in [0.4, 0.5) is 0 Å². The topological polar surface area (TPSA) is 15.3 Å². The minimum absolute atomic E-state index is 0.773. The molecular formula is C14H28N2S. The van der Waals surface area contributed by atoms with Crippen LogP contribution in [-0.2, 0) is 0 Å². The van der Waals surface area contributed by atoms with Gasteiger partial charge in [-0.25, -0.2) is 0 Å². The van der Waals surface area contributed by atoms with Crippen molar-refractivity contribution in [2.75, 3.05) is 31.6 Å². The SMILES string of the molecule is CCC1CNC(C2CC2)CN1CC(C)CSC. The van der Waals surface area contributed by atoms with E-state index in [0.717, 1.165) is 23.9 Å². The fourth-order valence-corrected chi connectivity index (χ4v) is 3.74. The summed E-state index contributed by atoms with van der Waals surface area (Å²) in [5, 5.41) is 3.77. The van der Waals surface area contributed by atoms with Gasteiger partial charge in [-0.3, -0.25) is 4.90 Å². The normalized spacial score (nSPS) is 32.6. The Morgan fingerprint density at radius 1 is 1.41 bits per heavy atom. The minimum Gasteiger partial charge on any atom is -0.311 e. The van der Waals surface area contributed by atoms with Crippen LogP contribution in [0.15, 0.2) is 0 Å². The standard InChI is InChI=1S/C14H28N2S/c1-4-13-7-15-14(12-5-6-12)9-16(13)8-11(2)10-17-3/h11-15H,4-10H2,1-3H3. The first-order valence-electron chi connectivity index (χ1n) is 7.21. The van der Waals surface area contributed by atoms with E-state index in [2.05, 4.69) is 30.3 Å². The van der Waals surface area contributed by atoms with E-state index in [9.17, 15) is 0 Å². The summed E-state index contributed by atoms with van der Waals surface area (Å²) in [5.74, 6) is 3.12. The molecule has 1 heterocycles. The molecule has 1 aliphatic carbocycles. The van der Waals surface area contributed by atoms with Crippen molar-refractivity contribution in [3.8, 4) is 0 Å². The van der Waals surface area contributed by atoms with Gasteiger partial charge in [0.1, 0.15) is 0 Å². The van der Waals surface area contributed by atoms with Gasteiger partial charge in [-0.1, -0.05) is 13.8 Å². The Kier molecular flexibility index (Phi) is 5.19. The van der Waals surface area contributed by atoms with Crippen molar-refractivity contribution in [1.82, 2.24) is 10.2 Å². The van der Waals surface area contributed by atoms with Crippen molar-refractivity contribution in [3.05, 3.63) is 0 Å². The molecule has 3 atom stereocenters. The van der Waals surface area contributed by atoms with Crippen molar-refractivity contribution in [2.45, 2.75) is 45.2 Å². The van der Waals surface area contributed by atoms with Crippen LogP contribution in [0.2, 0.25) is 0 Å². The Labute approximate surface area is 111 Å². The van der Waals surface area contributed by atoms with E-state index in [1.54, 1.807) is 0 Å². The molecule has 3 unspecified atom stereocenters. The average molecular weight is 256 g/mol. The summed E-state index contributed by atoms with van der Waals surface area (Å²) in [5.41, 5.74) is 0. The lowest BCUT2D eigenvalue weighted by molar-refractivity contribution is 0.107. The quantitative estimate of drug-likeness (QED) is 0.786. The van der Waals surface area contributed by atoms with Gasteiger partial charge in [0.2, 0.25) is 0 Å². The third-order valence-corrected chi connectivity index (χ3v) is 5.13. The number of thioether (sulfide) groups is 1. The van der Waals surface area contributed by atoms with Gasteiger partial charge in [0, 0.05) is 31.7 Å². The summed E-state index contributed by atoms with van der Waals surface area (Å²) in [6.07, 6.45) is 6.43. The molecule has 1 aliphatic heterocycles. The summed E-state index contributed by atoms with van der Waals surface area (Å²) in [4.78, 5) is 2.76. The second-order valence-electron chi connectivity index (χ2n) is 5.93. The maximum atomic E-state index is 3.77. The van der Waals surface area contributed by atoms with Gasteiger partial charge in [-0.05, 0) is 43.1 Å². The third kappa shape index (κ3) is 3.87. The minimum atomic E-state index is 0.773. The van der Waals surface area contributed by atoms with Crippen molar-refractivity contribution < 1.29 is 0 Å². The van der Waals surface area contributed by atoms with Gasteiger partial charge in [0.25, 0.3) is 0 Å². The van der Waals surface area contributed by atoms with Gasteiger partial charge >= 0.3 is 0 Å². The molecule has 0 spiro atoms. The van der Waals surface area contributed by atoms with Gasteiger partial charge < -0.3 is 5.32 Å². The highest BCUT2D eigenvalue weighted by molar-refractivity contribution is 7.98. The molecule has 0 aromatic rings. The number of rotatable bonds is 6. The monoisotopic (exact) mass is 256 g/mol. The summed E-state index contributed by atoms with van der Waals surface area (Å²) in [6.45, 7) is 8.53. The molecule has 1 N–H and O–H groups in total. The van der Waals surface area contributed by atoms with E-state index >= 15 is 0 Å². The smallest absolute Gasteiger partial charge is 0.0224 e. The van der Waals surface area contributed by atoms with Crippen molar-refractivity contribution in [3.63, 3.8) is 0 Å². The number of hydrogen-bond donors (Lipinski definition) is 1. The first-order valence-corrected chi connectivity index (χ1v) is 8.60. The molecule has 17 heavy (non-hydrogen) atoms. The summed E-state index contributed by atoms with van der Waals surface area (Å²) in [7, 11) is 0. The lowest BCUT2D eigenvalue weighted by Crippen LogP contribution is -2.57. The lowest BCUT2D eigenvalue weighted by atomic mass is 10.0. The highest BCUT2D eigenvalue weighted by Gasteiger charge is 2.36. The van der Waals surface area contributed by atoms with E-state index in [0.29, 0.717) is 0 Å². The summed E-state index contributed by atoms with van der Waals surface area (Å²) < 4.78 is 0. The highest BCUT2D eigenvalue weighted by atomic mass is 32.2. The number of piperazine rings is 1. The van der Waals surface area contributed by atoms with Crippen molar-refractivity contribution in [2.24, 2.45) is 11.8 Å². The molecule has 0 bridgehead atoms. The molecule has 2 rings (SSSR count). The summed E-state index contributed by atoms with van der Waals surface area (Å²) in [6, 6.07) is 1.56. The zero-order chi connectivity index (χ0) is 12.3. The molecule has 2 nitrogen and oxygen atoms in total. The van der Waals surface area contributed by atoms with Crippen LogP contribution >= 0.6 is 11.8 Å². The Morgan fingerprint density at radius 2 is 2.18 bits per heavy atom. The molecule has 0 aromatic heterocycles. The second-order valence-corrected chi connectivity index (χ2v) is 6.84. The Balaban J connectivity index is 1.85. The predicted octanol–water partition coefficient (Wildman–Crippen LogP) is 2.45. The van der Waals surface area contributed by atoms with Crippen LogP contribution in [0.25, 0.3) is 0 Å². The maximum Gasteiger partial charge on any atom is 0.0224 e. The van der Waals surface area contributed by atoms with Crippen molar-refractivity contribution in [1.29, 1.82) is 0 Å². The Bertz CT molecular complexity index is 230. The fourth-order valence-electron chi connectivity index (χ4n) is 3.06. The largest absolute Gasteiger partial charge is 0.311 e. The zero-order valence-electron chi connectivity index (χ0n) is 11.6. The Hall–Kier alpha value is 0.270. The van der Waals surface area contributed by atoms with Crippen LogP contribution < -0.4 is 5.32 Å². The van der Waals surface area contributed by atoms with E-state index < -0.39 is 0 Å². The maximum absolute atomic E-state index is 3.77. The van der Waals surface area contributed by atoms with Gasteiger partial charge in [-0.15, -0.1) is 0 Å². The third-order valence-electron chi connectivity index (χ3n) is 4.22. The van der Waals surface area contributed by atoms with E-state index in [1.165, 1.54) is 44.6 Å². The highest BCUT2D eigenvalue weighted by Crippen LogP contribution is 2.34. The first-order chi connectivity index (χ1) is 8.24. The van der Waals surface area contributed by atoms with Crippen LogP contribution in [0.3, 0.4) is 0 Å². The number of nitrogens with zero attached hydrogens (tertiary/aromatic N) is 1. The van der Waals surface area contributed by atoms with Gasteiger partial charge in [-0.2, -0.15) is 11.8 Å². The predicted molar refractivity (Wildman–Crippen MR) is 77.7 cm³/mol. The molecule has 100 valence electrons. The molecule has 0 aromatic carbocycles. The second kappa shape index (κ2) is 6.44. The van der Waals surface area contributed by atoms with Gasteiger partial charge in [0.05, 0.1) is 0 Å². The molecule has 1 saturated heterocycles. The van der Waals surface area contributed by atoms with Crippen LogP contribution in [0.1, 0.15) is 33.1 Å². The molecule has 3 heteroatoms. The van der Waals surface area contributed by atoms with Crippen molar-refractivity contribution >= 4 is 11.8 Å². The van der Waals surface area contributed by atoms with E-state index in [4.69, 9.17) is 0 Å². The van der Waals surface area contributed by atoms with Gasteiger partial charge in [0.15, 0.2) is 0 Å². The molecule has 0 radical (unpaired) electrons. The zero-order valence-corrected chi connectivity index (χ0v) is 12.4. The van der Waals surface area contributed by atoms with E-state index in [-0.39, 0.29) is 0 Å². The molecule has 1 saturated carbocycles. The Morgan fingerprint density at radius 3 is 2.76 bits per heavy atom. The van der Waals surface area contributed by atoms with Crippen LogP contribution in [-0.4, -0.2) is 48.6 Å². The number of hydrogen-bond acceptors (Lipinski definition) is 3. The molecular weight excluding hydrogens is 228 g/mol. The fraction of sp³-hybridized carbons (Fsp3) is 1.00. The molecule has 0 amide bonds. The molecule has 2 fully saturated rings. The first kappa shape index (κ1) is 13.7. The molecule has 2 aliphatic rings. The van der Waals surface area contributed by atoms with Crippen LogP contribution in [0.5, 0.6) is 0 Å². The summed E-state index contributed by atoms with van der Waals surface area (Å²) >= 11 is 1.98.